The van der Waals surface area contributed by atoms with Crippen molar-refractivity contribution in [3.05, 3.63) is 33.7 Å². The van der Waals surface area contributed by atoms with Crippen LogP contribution in [0.2, 0.25) is 0 Å². The molecule has 0 saturated carbocycles. The van der Waals surface area contributed by atoms with Crippen LogP contribution in [0.15, 0.2) is 16.9 Å². The van der Waals surface area contributed by atoms with Crippen LogP contribution >= 0.6 is 0 Å². The van der Waals surface area contributed by atoms with E-state index in [1.54, 1.807) is 9.13 Å². The second-order valence-corrected chi connectivity index (χ2v) is 7.47. The van der Waals surface area contributed by atoms with Crippen LogP contribution in [0.4, 0.5) is 0 Å². The molecule has 2 heterocycles. The molecule has 0 spiro atoms. The first-order valence-corrected chi connectivity index (χ1v) is 8.08. The summed E-state index contributed by atoms with van der Waals surface area (Å²) in [5.74, 6) is 0.478. The van der Waals surface area contributed by atoms with E-state index in [1.807, 2.05) is 14.1 Å². The number of imidazole rings is 1. The third-order valence-electron chi connectivity index (χ3n) is 4.92. The van der Waals surface area contributed by atoms with Gasteiger partial charge in [-0.3, -0.25) is 9.13 Å². The Morgan fingerprint density at radius 1 is 1.09 bits per heavy atom. The largest absolute Gasteiger partial charge is 0.381 e. The summed E-state index contributed by atoms with van der Waals surface area (Å²) in [7, 11) is 3.75. The van der Waals surface area contributed by atoms with Crippen molar-refractivity contribution in [2.45, 2.75) is 44.9 Å². The average Bonchev–Trinajstić information content (AvgIpc) is 2.71. The van der Waals surface area contributed by atoms with Gasteiger partial charge in [0.15, 0.2) is 0 Å². The van der Waals surface area contributed by atoms with Crippen molar-refractivity contribution in [3.8, 4) is 0 Å². The summed E-state index contributed by atoms with van der Waals surface area (Å²) < 4.78 is 9.09. The molecule has 2 aromatic rings. The van der Waals surface area contributed by atoms with Gasteiger partial charge in [0.1, 0.15) is 0 Å². The van der Waals surface area contributed by atoms with E-state index in [4.69, 9.17) is 4.74 Å². The molecule has 1 fully saturated rings. The number of benzene rings is 1. The molecule has 0 N–H and O–H groups in total. The number of hydrogen-bond donors (Lipinski definition) is 0. The Morgan fingerprint density at radius 3 is 2.32 bits per heavy atom. The number of aryl methyl sites for hydroxylation is 2. The highest BCUT2D eigenvalue weighted by molar-refractivity contribution is 5.81. The lowest BCUT2D eigenvalue weighted by Gasteiger charge is -2.26. The Bertz CT molecular complexity index is 756. The fraction of sp³-hybridized carbons (Fsp3) is 0.611. The summed E-state index contributed by atoms with van der Waals surface area (Å²) in [5.41, 5.74) is 4.86. The van der Waals surface area contributed by atoms with E-state index in [2.05, 4.69) is 32.9 Å². The smallest absolute Gasteiger partial charge is 0.328 e. The van der Waals surface area contributed by atoms with Crippen molar-refractivity contribution in [3.63, 3.8) is 0 Å². The molecular formula is C18H26N2O2. The Hall–Kier alpha value is -1.55. The van der Waals surface area contributed by atoms with E-state index in [0.29, 0.717) is 5.92 Å². The molecule has 0 bridgehead atoms. The topological polar surface area (TPSA) is 36.2 Å². The highest BCUT2D eigenvalue weighted by atomic mass is 16.5. The summed E-state index contributed by atoms with van der Waals surface area (Å²) in [6.07, 6.45) is 2.07. The molecule has 120 valence electrons. The van der Waals surface area contributed by atoms with Gasteiger partial charge >= 0.3 is 5.69 Å². The quantitative estimate of drug-likeness (QED) is 0.811. The fourth-order valence-electron chi connectivity index (χ4n) is 3.44. The number of fused-ring (bicyclic) bond motifs is 1. The van der Waals surface area contributed by atoms with Gasteiger partial charge in [0, 0.05) is 27.3 Å². The summed E-state index contributed by atoms with van der Waals surface area (Å²) in [4.78, 5) is 12.4. The van der Waals surface area contributed by atoms with E-state index >= 15 is 0 Å². The van der Waals surface area contributed by atoms with Gasteiger partial charge in [-0.25, -0.2) is 4.79 Å². The molecule has 0 aliphatic carbocycles. The third-order valence-corrected chi connectivity index (χ3v) is 4.92. The summed E-state index contributed by atoms with van der Waals surface area (Å²) in [5, 5.41) is 0. The van der Waals surface area contributed by atoms with E-state index in [-0.39, 0.29) is 11.1 Å². The molecule has 1 saturated heterocycles. The van der Waals surface area contributed by atoms with Crippen LogP contribution in [0, 0.1) is 0 Å². The zero-order valence-corrected chi connectivity index (χ0v) is 14.3. The molecule has 1 aliphatic rings. The van der Waals surface area contributed by atoms with Crippen LogP contribution in [0.5, 0.6) is 0 Å². The SMILES string of the molecule is Cn1c(=O)n(C)c2c(C3CCOCC3)cc(C(C)(C)C)cc21. The first-order chi connectivity index (χ1) is 10.3. The molecule has 0 atom stereocenters. The average molecular weight is 302 g/mol. The Labute approximate surface area is 131 Å². The molecule has 0 amide bonds. The molecule has 0 unspecified atom stereocenters. The van der Waals surface area contributed by atoms with Gasteiger partial charge in [-0.2, -0.15) is 0 Å². The molecule has 1 aromatic heterocycles. The maximum atomic E-state index is 12.4. The van der Waals surface area contributed by atoms with Gasteiger partial charge in [-0.1, -0.05) is 26.8 Å². The van der Waals surface area contributed by atoms with Crippen molar-refractivity contribution < 1.29 is 4.74 Å². The lowest BCUT2D eigenvalue weighted by Crippen LogP contribution is -2.20. The van der Waals surface area contributed by atoms with Crippen LogP contribution in [0.25, 0.3) is 11.0 Å². The summed E-state index contributed by atoms with van der Waals surface area (Å²) in [6, 6.07) is 4.50. The van der Waals surface area contributed by atoms with Gasteiger partial charge in [-0.05, 0) is 41.4 Å². The Kier molecular flexibility index (Phi) is 3.68. The number of hydrogen-bond acceptors (Lipinski definition) is 2. The van der Waals surface area contributed by atoms with Crippen molar-refractivity contribution in [2.75, 3.05) is 13.2 Å². The van der Waals surface area contributed by atoms with Gasteiger partial charge in [0.2, 0.25) is 0 Å². The first kappa shape index (κ1) is 15.3. The van der Waals surface area contributed by atoms with Crippen LogP contribution in [-0.2, 0) is 24.2 Å². The number of rotatable bonds is 1. The number of ether oxygens (including phenoxy) is 1. The van der Waals surface area contributed by atoms with Crippen molar-refractivity contribution in [1.82, 2.24) is 9.13 Å². The molecule has 0 radical (unpaired) electrons. The molecule has 3 rings (SSSR count). The van der Waals surface area contributed by atoms with Crippen LogP contribution in [0.1, 0.15) is 50.7 Å². The normalized spacial score (nSPS) is 17.3. The predicted octanol–water partition coefficient (Wildman–Crippen LogP) is 3.07. The molecule has 1 aromatic carbocycles. The van der Waals surface area contributed by atoms with Gasteiger partial charge < -0.3 is 4.74 Å². The molecule has 22 heavy (non-hydrogen) atoms. The van der Waals surface area contributed by atoms with Crippen molar-refractivity contribution >= 4 is 11.0 Å². The fourth-order valence-corrected chi connectivity index (χ4v) is 3.44. The predicted molar refractivity (Wildman–Crippen MR) is 89.7 cm³/mol. The highest BCUT2D eigenvalue weighted by Crippen LogP contribution is 2.36. The standard InChI is InChI=1S/C18H26N2O2/c1-18(2,3)13-10-14(12-6-8-22-9-7-12)16-15(11-13)19(4)17(21)20(16)5/h10-12H,6-9H2,1-5H3. The third kappa shape index (κ3) is 2.39. The second-order valence-electron chi connectivity index (χ2n) is 7.47. The number of nitrogens with zero attached hydrogens (tertiary/aromatic N) is 2. The zero-order chi connectivity index (χ0) is 16.1. The minimum atomic E-state index is 0.0503. The van der Waals surface area contributed by atoms with E-state index in [9.17, 15) is 4.79 Å². The van der Waals surface area contributed by atoms with E-state index in [1.165, 1.54) is 11.1 Å². The van der Waals surface area contributed by atoms with Gasteiger partial charge in [0.05, 0.1) is 11.0 Å². The minimum absolute atomic E-state index is 0.0503. The minimum Gasteiger partial charge on any atom is -0.381 e. The summed E-state index contributed by atoms with van der Waals surface area (Å²) >= 11 is 0. The second kappa shape index (κ2) is 5.27. The first-order valence-electron chi connectivity index (χ1n) is 8.08. The number of aromatic nitrogens is 2. The molecule has 4 nitrogen and oxygen atoms in total. The zero-order valence-electron chi connectivity index (χ0n) is 14.3. The monoisotopic (exact) mass is 302 g/mol. The maximum absolute atomic E-state index is 12.4. The maximum Gasteiger partial charge on any atom is 0.328 e. The molecular weight excluding hydrogens is 276 g/mol. The lowest BCUT2D eigenvalue weighted by molar-refractivity contribution is 0.0855. The lowest BCUT2D eigenvalue weighted by atomic mass is 9.82. The highest BCUT2D eigenvalue weighted by Gasteiger charge is 2.25. The van der Waals surface area contributed by atoms with Gasteiger partial charge in [0.25, 0.3) is 0 Å². The van der Waals surface area contributed by atoms with Gasteiger partial charge in [-0.15, -0.1) is 0 Å². The molecule has 1 aliphatic heterocycles. The Balaban J connectivity index is 2.31. The van der Waals surface area contributed by atoms with Crippen molar-refractivity contribution in [2.24, 2.45) is 14.1 Å². The van der Waals surface area contributed by atoms with Crippen LogP contribution in [-0.4, -0.2) is 22.3 Å². The van der Waals surface area contributed by atoms with E-state index in [0.717, 1.165) is 37.1 Å². The molecule has 4 heteroatoms. The van der Waals surface area contributed by atoms with Crippen molar-refractivity contribution in [1.29, 1.82) is 0 Å². The summed E-state index contributed by atoms with van der Waals surface area (Å²) in [6.45, 7) is 8.30. The van der Waals surface area contributed by atoms with Crippen LogP contribution in [0.3, 0.4) is 0 Å². The van der Waals surface area contributed by atoms with E-state index < -0.39 is 0 Å². The Morgan fingerprint density at radius 2 is 1.73 bits per heavy atom. The van der Waals surface area contributed by atoms with Crippen LogP contribution < -0.4 is 5.69 Å².